The van der Waals surface area contributed by atoms with Crippen molar-refractivity contribution in [1.29, 1.82) is 0 Å². The Kier molecular flexibility index (Phi) is 3.13. The molecule has 0 bridgehead atoms. The van der Waals surface area contributed by atoms with E-state index in [4.69, 9.17) is 0 Å². The second-order valence-corrected chi connectivity index (χ2v) is 7.02. The molecule has 3 nitrogen and oxygen atoms in total. The summed E-state index contributed by atoms with van der Waals surface area (Å²) in [6.07, 6.45) is 1.11. The highest BCUT2D eigenvalue weighted by Gasteiger charge is 2.32. The Morgan fingerprint density at radius 3 is 1.80 bits per heavy atom. The number of rotatable bonds is 2. The maximum atomic E-state index is 10.8. The second-order valence-electron chi connectivity index (χ2n) is 2.80. The fraction of sp³-hybridized carbons (Fsp3) is 1.00. The summed E-state index contributed by atoms with van der Waals surface area (Å²) in [5.74, 6) is 0. The molecule has 0 radical (unpaired) electrons. The van der Waals surface area contributed by atoms with Crippen molar-refractivity contribution in [2.24, 2.45) is 0 Å². The van der Waals surface area contributed by atoms with Crippen molar-refractivity contribution in [3.8, 4) is 0 Å². The summed E-state index contributed by atoms with van der Waals surface area (Å²) < 4.78 is 20.9. The smallest absolute Gasteiger partial charge is 0.162 e. The number of sulfone groups is 1. The van der Waals surface area contributed by atoms with E-state index < -0.39 is 18.7 Å². The summed E-state index contributed by atoms with van der Waals surface area (Å²) in [5.41, 5.74) is -1.16. The quantitative estimate of drug-likeness (QED) is 0.593. The van der Waals surface area contributed by atoms with Gasteiger partial charge in [0.2, 0.25) is 0 Å². The summed E-state index contributed by atoms with van der Waals surface area (Å²) in [7, 11) is -3.12. The number of halogens is 1. The average Bonchev–Trinajstić information content (AvgIpc) is 1.59. The van der Waals surface area contributed by atoms with Crippen LogP contribution in [0.25, 0.3) is 0 Å². The van der Waals surface area contributed by atoms with Crippen LogP contribution in [0.1, 0.15) is 13.8 Å². The minimum Gasteiger partial charge on any atom is -0.388 e. The molecule has 0 heterocycles. The van der Waals surface area contributed by atoms with Crippen LogP contribution in [-0.2, 0) is 9.84 Å². The van der Waals surface area contributed by atoms with Crippen molar-refractivity contribution in [3.63, 3.8) is 0 Å². The fourth-order valence-electron chi connectivity index (χ4n) is 0.524. The molecule has 1 atom stereocenters. The Balaban J connectivity index is 4.56. The van der Waals surface area contributed by atoms with E-state index in [0.717, 1.165) is 6.26 Å². The molecule has 0 saturated heterocycles. The number of aliphatic hydroxyl groups is 1. The molecule has 62 valence electrons. The van der Waals surface area contributed by atoms with Crippen LogP contribution in [0.4, 0.5) is 0 Å². The van der Waals surface area contributed by atoms with Gasteiger partial charge in [-0.15, -0.1) is 0 Å². The van der Waals surface area contributed by atoms with Crippen molar-refractivity contribution < 1.29 is 13.5 Å². The van der Waals surface area contributed by atoms with Gasteiger partial charge in [0.15, 0.2) is 9.84 Å². The molecular weight excluding hydrogens is 267 g/mol. The zero-order valence-corrected chi connectivity index (χ0v) is 9.10. The minimum atomic E-state index is -3.12. The highest BCUT2D eigenvalue weighted by molar-refractivity contribution is 14.1. The molecule has 0 aromatic carbocycles. The van der Waals surface area contributed by atoms with Crippen LogP contribution in [0, 0.1) is 0 Å². The summed E-state index contributed by atoms with van der Waals surface area (Å²) >= 11 is 1.72. The lowest BCUT2D eigenvalue weighted by atomic mass is 10.2. The predicted molar refractivity (Wildman–Crippen MR) is 48.9 cm³/mol. The summed E-state index contributed by atoms with van der Waals surface area (Å²) in [6, 6.07) is 0. The molecule has 0 saturated carbocycles. The van der Waals surface area contributed by atoms with Gasteiger partial charge in [0.05, 0.1) is 5.60 Å². The maximum absolute atomic E-state index is 10.8. The van der Waals surface area contributed by atoms with Crippen molar-refractivity contribution >= 4 is 32.4 Å². The van der Waals surface area contributed by atoms with Gasteiger partial charge < -0.3 is 5.11 Å². The van der Waals surface area contributed by atoms with Gasteiger partial charge in [0.25, 0.3) is 0 Å². The first-order chi connectivity index (χ1) is 4.15. The predicted octanol–water partition coefficient (Wildman–Crippen LogP) is 0.563. The van der Waals surface area contributed by atoms with Crippen LogP contribution >= 0.6 is 22.6 Å². The fourth-order valence-corrected chi connectivity index (χ4v) is 1.57. The van der Waals surface area contributed by atoms with Crippen LogP contribution in [0.2, 0.25) is 0 Å². The molecule has 0 aliphatic heterocycles. The summed E-state index contributed by atoms with van der Waals surface area (Å²) in [5, 5.41) is 9.24. The second kappa shape index (κ2) is 2.94. The first-order valence-electron chi connectivity index (χ1n) is 2.71. The minimum absolute atomic E-state index is 0.738. The van der Waals surface area contributed by atoms with Crippen LogP contribution in [0.5, 0.6) is 0 Å². The third kappa shape index (κ3) is 3.16. The van der Waals surface area contributed by atoms with Crippen LogP contribution in [-0.4, -0.2) is 28.6 Å². The highest BCUT2D eigenvalue weighted by atomic mass is 127. The Bertz CT molecular complexity index is 201. The van der Waals surface area contributed by atoms with E-state index in [0.29, 0.717) is 0 Å². The standard InChI is InChI=1S/C5H11IO3S/c1-5(2,7)4(6)10(3,8)9/h4,7H,1-3H3. The van der Waals surface area contributed by atoms with Gasteiger partial charge in [-0.2, -0.15) is 0 Å². The monoisotopic (exact) mass is 278 g/mol. The zero-order valence-electron chi connectivity index (χ0n) is 6.13. The zero-order chi connectivity index (χ0) is 8.58. The highest BCUT2D eigenvalue weighted by Crippen LogP contribution is 2.22. The lowest BCUT2D eigenvalue weighted by molar-refractivity contribution is 0.100. The number of hydrogen-bond acceptors (Lipinski definition) is 3. The van der Waals surface area contributed by atoms with E-state index in [1.165, 1.54) is 13.8 Å². The SMILES string of the molecule is CC(C)(O)C(I)S(C)(=O)=O. The van der Waals surface area contributed by atoms with E-state index >= 15 is 0 Å². The molecule has 1 N–H and O–H groups in total. The molecule has 0 aliphatic carbocycles. The van der Waals surface area contributed by atoms with Crippen molar-refractivity contribution in [2.45, 2.75) is 22.7 Å². The van der Waals surface area contributed by atoms with Gasteiger partial charge in [-0.3, -0.25) is 0 Å². The third-order valence-corrected chi connectivity index (χ3v) is 6.56. The lowest BCUT2D eigenvalue weighted by Gasteiger charge is -2.21. The first kappa shape index (κ1) is 10.6. The molecule has 0 aromatic rings. The van der Waals surface area contributed by atoms with Crippen molar-refractivity contribution in [2.75, 3.05) is 6.26 Å². The molecule has 1 unspecified atom stereocenters. The normalized spacial score (nSPS) is 16.9. The molecule has 0 rings (SSSR count). The van der Waals surface area contributed by atoms with Crippen molar-refractivity contribution in [3.05, 3.63) is 0 Å². The molecule has 10 heavy (non-hydrogen) atoms. The van der Waals surface area contributed by atoms with Gasteiger partial charge in [-0.05, 0) is 13.8 Å². The first-order valence-corrected chi connectivity index (χ1v) is 5.91. The molecule has 5 heteroatoms. The van der Waals surface area contributed by atoms with E-state index in [2.05, 4.69) is 0 Å². The van der Waals surface area contributed by atoms with Gasteiger partial charge >= 0.3 is 0 Å². The Morgan fingerprint density at radius 2 is 1.80 bits per heavy atom. The number of hydrogen-bond donors (Lipinski definition) is 1. The van der Waals surface area contributed by atoms with Crippen LogP contribution < -0.4 is 0 Å². The number of alkyl halides is 1. The molecule has 0 amide bonds. The Morgan fingerprint density at radius 1 is 1.50 bits per heavy atom. The lowest BCUT2D eigenvalue weighted by Crippen LogP contribution is -2.36. The molecule has 0 fully saturated rings. The molecular formula is C5H11IO3S. The Hall–Kier alpha value is 0.640. The maximum Gasteiger partial charge on any atom is 0.162 e. The Labute approximate surface area is 74.9 Å². The summed E-state index contributed by atoms with van der Waals surface area (Å²) in [4.78, 5) is 0. The third-order valence-electron chi connectivity index (χ3n) is 0.931. The average molecular weight is 278 g/mol. The summed E-state index contributed by atoms with van der Waals surface area (Å²) in [6.45, 7) is 2.95. The van der Waals surface area contributed by atoms with E-state index in [1.807, 2.05) is 0 Å². The molecule has 0 spiro atoms. The van der Waals surface area contributed by atoms with Gasteiger partial charge in [-0.25, -0.2) is 8.42 Å². The van der Waals surface area contributed by atoms with E-state index in [9.17, 15) is 13.5 Å². The molecule has 0 aliphatic rings. The van der Waals surface area contributed by atoms with Gasteiger partial charge in [-0.1, -0.05) is 22.6 Å². The van der Waals surface area contributed by atoms with Crippen LogP contribution in [0.3, 0.4) is 0 Å². The largest absolute Gasteiger partial charge is 0.388 e. The van der Waals surface area contributed by atoms with Gasteiger partial charge in [0, 0.05) is 6.26 Å². The van der Waals surface area contributed by atoms with Crippen molar-refractivity contribution in [1.82, 2.24) is 0 Å². The van der Waals surface area contributed by atoms with Crippen LogP contribution in [0.15, 0.2) is 0 Å². The van der Waals surface area contributed by atoms with Gasteiger partial charge in [0.1, 0.15) is 3.26 Å². The molecule has 0 aromatic heterocycles. The topological polar surface area (TPSA) is 54.4 Å². The van der Waals surface area contributed by atoms with E-state index in [1.54, 1.807) is 22.6 Å². The van der Waals surface area contributed by atoms with E-state index in [-0.39, 0.29) is 0 Å².